The topological polar surface area (TPSA) is 0 Å². The van der Waals surface area contributed by atoms with Gasteiger partial charge in [-0.05, 0) is 78.2 Å². The molecule has 0 fully saturated rings. The minimum atomic E-state index is 0.757. The molecular formula is C32H19Cl. The first-order valence-corrected chi connectivity index (χ1v) is 11.6. The fourth-order valence-corrected chi connectivity index (χ4v) is 5.74. The minimum Gasteiger partial charge on any atom is -0.0843 e. The normalized spacial score (nSPS) is 11.8. The van der Waals surface area contributed by atoms with Crippen molar-refractivity contribution in [2.24, 2.45) is 0 Å². The predicted molar refractivity (Wildman–Crippen MR) is 142 cm³/mol. The van der Waals surface area contributed by atoms with Gasteiger partial charge in [-0.15, -0.1) is 0 Å². The summed E-state index contributed by atoms with van der Waals surface area (Å²) in [5, 5.41) is 5.79. The molecule has 0 N–H and O–H groups in total. The summed E-state index contributed by atoms with van der Waals surface area (Å²) in [5.41, 5.74) is 10.2. The van der Waals surface area contributed by atoms with Crippen molar-refractivity contribution in [3.63, 3.8) is 0 Å². The van der Waals surface area contributed by atoms with Crippen LogP contribution in [-0.4, -0.2) is 0 Å². The Morgan fingerprint density at radius 3 is 1.55 bits per heavy atom. The maximum absolute atomic E-state index is 6.60. The van der Waals surface area contributed by atoms with Gasteiger partial charge >= 0.3 is 0 Å². The Kier molecular flexibility index (Phi) is 4.00. The van der Waals surface area contributed by atoms with Crippen LogP contribution in [-0.2, 0) is 0 Å². The van der Waals surface area contributed by atoms with Gasteiger partial charge in [0, 0.05) is 5.02 Å². The SMILES string of the molecule is Clc1ccc2c(-c3ccccc3)c3c(c(-c4ccccc4)c2c1)-c1cccc2cccc-3c12. The van der Waals surface area contributed by atoms with E-state index in [4.69, 9.17) is 11.6 Å². The van der Waals surface area contributed by atoms with Gasteiger partial charge in [0.15, 0.2) is 0 Å². The van der Waals surface area contributed by atoms with Crippen molar-refractivity contribution in [2.45, 2.75) is 0 Å². The van der Waals surface area contributed by atoms with Crippen LogP contribution in [0.5, 0.6) is 0 Å². The van der Waals surface area contributed by atoms with E-state index in [1.807, 2.05) is 6.07 Å². The molecule has 6 aromatic carbocycles. The van der Waals surface area contributed by atoms with Crippen LogP contribution in [0.1, 0.15) is 0 Å². The highest BCUT2D eigenvalue weighted by atomic mass is 35.5. The van der Waals surface area contributed by atoms with Crippen molar-refractivity contribution in [3.8, 4) is 44.5 Å². The molecule has 0 aliphatic heterocycles. The van der Waals surface area contributed by atoms with Gasteiger partial charge in [-0.25, -0.2) is 0 Å². The lowest BCUT2D eigenvalue weighted by Gasteiger charge is -2.20. The van der Waals surface area contributed by atoms with Gasteiger partial charge in [-0.1, -0.05) is 115 Å². The smallest absolute Gasteiger partial charge is 0.0412 e. The Hall–Kier alpha value is -3.87. The first-order valence-electron chi connectivity index (χ1n) is 11.2. The summed E-state index contributed by atoms with van der Waals surface area (Å²) in [7, 11) is 0. The van der Waals surface area contributed by atoms with Crippen LogP contribution in [0.2, 0.25) is 5.02 Å². The van der Waals surface area contributed by atoms with Crippen molar-refractivity contribution in [1.82, 2.24) is 0 Å². The number of fused-ring (bicyclic) bond motifs is 4. The molecule has 6 aromatic rings. The zero-order valence-electron chi connectivity index (χ0n) is 17.8. The van der Waals surface area contributed by atoms with E-state index in [1.54, 1.807) is 0 Å². The zero-order chi connectivity index (χ0) is 21.9. The van der Waals surface area contributed by atoms with Gasteiger partial charge in [-0.2, -0.15) is 0 Å². The van der Waals surface area contributed by atoms with Gasteiger partial charge in [0.05, 0.1) is 0 Å². The predicted octanol–water partition coefficient (Wildman–Crippen LogP) is 9.63. The molecule has 0 nitrogen and oxygen atoms in total. The standard InChI is InChI=1S/C32H19Cl/c33-23-17-18-24-27(19-23)30(22-11-5-2-6-12-22)32-26-16-8-14-20-13-7-15-25(28(20)26)31(32)29(24)21-9-3-1-4-10-21/h1-19H. The number of halogens is 1. The molecule has 1 aliphatic carbocycles. The average molecular weight is 439 g/mol. The van der Waals surface area contributed by atoms with E-state index < -0.39 is 0 Å². The first kappa shape index (κ1) is 18.7. The largest absolute Gasteiger partial charge is 0.0843 e. The van der Waals surface area contributed by atoms with Gasteiger partial charge in [-0.3, -0.25) is 0 Å². The van der Waals surface area contributed by atoms with Crippen LogP contribution >= 0.6 is 11.6 Å². The third-order valence-electron chi connectivity index (χ3n) is 6.84. The second-order valence-electron chi connectivity index (χ2n) is 8.63. The van der Waals surface area contributed by atoms with Crippen LogP contribution in [0.3, 0.4) is 0 Å². The van der Waals surface area contributed by atoms with Gasteiger partial charge < -0.3 is 0 Å². The van der Waals surface area contributed by atoms with Crippen LogP contribution in [0.25, 0.3) is 66.1 Å². The highest BCUT2D eigenvalue weighted by Crippen LogP contribution is 2.57. The van der Waals surface area contributed by atoms with E-state index in [0.717, 1.165) is 5.02 Å². The maximum atomic E-state index is 6.60. The molecule has 0 unspecified atom stereocenters. The van der Waals surface area contributed by atoms with Gasteiger partial charge in [0.1, 0.15) is 0 Å². The molecular weight excluding hydrogens is 420 g/mol. The molecule has 0 atom stereocenters. The highest BCUT2D eigenvalue weighted by molar-refractivity contribution is 6.33. The molecule has 1 aliphatic rings. The van der Waals surface area contributed by atoms with E-state index in [9.17, 15) is 0 Å². The van der Waals surface area contributed by atoms with Crippen molar-refractivity contribution in [1.29, 1.82) is 0 Å². The van der Waals surface area contributed by atoms with E-state index in [2.05, 4.69) is 109 Å². The minimum absolute atomic E-state index is 0.757. The monoisotopic (exact) mass is 438 g/mol. The summed E-state index contributed by atoms with van der Waals surface area (Å²) < 4.78 is 0. The van der Waals surface area contributed by atoms with Crippen molar-refractivity contribution in [2.75, 3.05) is 0 Å². The number of rotatable bonds is 2. The molecule has 0 amide bonds. The maximum Gasteiger partial charge on any atom is 0.0412 e. The van der Waals surface area contributed by atoms with Crippen LogP contribution in [0.15, 0.2) is 115 Å². The van der Waals surface area contributed by atoms with E-state index in [-0.39, 0.29) is 0 Å². The number of benzene rings is 6. The highest BCUT2D eigenvalue weighted by Gasteiger charge is 2.30. The molecule has 0 aromatic heterocycles. The molecule has 0 heterocycles. The van der Waals surface area contributed by atoms with Gasteiger partial charge in [0.2, 0.25) is 0 Å². The lowest BCUT2D eigenvalue weighted by molar-refractivity contribution is 1.62. The van der Waals surface area contributed by atoms with Crippen LogP contribution in [0, 0.1) is 0 Å². The Morgan fingerprint density at radius 2 is 0.970 bits per heavy atom. The molecule has 7 rings (SSSR count). The fourth-order valence-electron chi connectivity index (χ4n) is 5.57. The summed E-state index contributed by atoms with van der Waals surface area (Å²) in [6.07, 6.45) is 0. The Morgan fingerprint density at radius 1 is 0.424 bits per heavy atom. The molecule has 0 bridgehead atoms. The van der Waals surface area contributed by atoms with Crippen LogP contribution in [0.4, 0.5) is 0 Å². The van der Waals surface area contributed by atoms with E-state index in [1.165, 1.54) is 66.1 Å². The van der Waals surface area contributed by atoms with Crippen molar-refractivity contribution < 1.29 is 0 Å². The zero-order valence-corrected chi connectivity index (χ0v) is 18.6. The number of hydrogen-bond donors (Lipinski definition) is 0. The Labute approximate surface area is 197 Å². The first-order chi connectivity index (χ1) is 16.3. The molecule has 1 heteroatoms. The third kappa shape index (κ3) is 2.65. The lowest BCUT2D eigenvalue weighted by Crippen LogP contribution is -1.93. The summed E-state index contributed by atoms with van der Waals surface area (Å²) >= 11 is 6.60. The molecule has 33 heavy (non-hydrogen) atoms. The average Bonchev–Trinajstić information content (AvgIpc) is 3.19. The number of hydrogen-bond acceptors (Lipinski definition) is 0. The molecule has 0 saturated carbocycles. The summed E-state index contributed by atoms with van der Waals surface area (Å²) in [6, 6.07) is 41.2. The van der Waals surface area contributed by atoms with Crippen molar-refractivity contribution in [3.05, 3.63) is 120 Å². The lowest BCUT2D eigenvalue weighted by atomic mass is 9.82. The van der Waals surface area contributed by atoms with Crippen LogP contribution < -0.4 is 0 Å². The Balaban J connectivity index is 1.78. The van der Waals surface area contributed by atoms with Gasteiger partial charge in [0.25, 0.3) is 0 Å². The second kappa shape index (κ2) is 7.07. The quantitative estimate of drug-likeness (QED) is 0.252. The molecule has 154 valence electrons. The third-order valence-corrected chi connectivity index (χ3v) is 7.07. The van der Waals surface area contributed by atoms with E-state index >= 15 is 0 Å². The molecule has 0 radical (unpaired) electrons. The molecule has 0 spiro atoms. The van der Waals surface area contributed by atoms with Crippen molar-refractivity contribution >= 4 is 33.1 Å². The summed E-state index contributed by atoms with van der Waals surface area (Å²) in [6.45, 7) is 0. The van der Waals surface area contributed by atoms with E-state index in [0.29, 0.717) is 0 Å². The molecule has 0 saturated heterocycles. The Bertz CT molecular complexity index is 1690. The fraction of sp³-hybridized carbons (Fsp3) is 0. The second-order valence-corrected chi connectivity index (χ2v) is 9.07. The summed E-state index contributed by atoms with van der Waals surface area (Å²) in [4.78, 5) is 0. The summed E-state index contributed by atoms with van der Waals surface area (Å²) in [5.74, 6) is 0.